The highest BCUT2D eigenvalue weighted by atomic mass is 32.1. The monoisotopic (exact) mass is 253 g/mol. The molecule has 0 amide bonds. The van der Waals surface area contributed by atoms with Gasteiger partial charge >= 0.3 is 0 Å². The van der Waals surface area contributed by atoms with Crippen LogP contribution >= 0.6 is 11.3 Å². The van der Waals surface area contributed by atoms with E-state index in [-0.39, 0.29) is 0 Å². The lowest BCUT2D eigenvalue weighted by Crippen LogP contribution is -2.45. The second-order valence-corrected chi connectivity index (χ2v) is 5.93. The van der Waals surface area contributed by atoms with Crippen molar-refractivity contribution in [3.63, 3.8) is 0 Å². The Hall–Kier alpha value is -0.450. The molecule has 0 atom stereocenters. The number of likely N-dealkylation sites (N-methyl/N-ethyl adjacent to an activating group) is 1. The molecule has 1 fully saturated rings. The molecule has 1 saturated heterocycles. The number of piperazine rings is 1. The first kappa shape index (κ1) is 13.0. The minimum atomic E-state index is 0.561. The average Bonchev–Trinajstić information content (AvgIpc) is 2.79. The molecule has 0 N–H and O–H groups in total. The van der Waals surface area contributed by atoms with Gasteiger partial charge in [-0.1, -0.05) is 20.8 Å². The number of aromatic nitrogens is 1. The van der Waals surface area contributed by atoms with Gasteiger partial charge in [0.15, 0.2) is 0 Å². The maximum Gasteiger partial charge on any atom is 0.0954 e. The Morgan fingerprint density at radius 3 is 2.41 bits per heavy atom. The summed E-state index contributed by atoms with van der Waals surface area (Å²) in [7, 11) is 0. The zero-order valence-electron chi connectivity index (χ0n) is 11.1. The summed E-state index contributed by atoms with van der Waals surface area (Å²) in [5.41, 5.74) is 1.25. The van der Waals surface area contributed by atoms with Crippen molar-refractivity contribution in [2.75, 3.05) is 32.7 Å². The molecule has 0 aliphatic carbocycles. The van der Waals surface area contributed by atoms with Gasteiger partial charge in [-0.15, -0.1) is 11.3 Å². The maximum atomic E-state index is 4.71. The second kappa shape index (κ2) is 5.94. The van der Waals surface area contributed by atoms with Gasteiger partial charge in [0.05, 0.1) is 10.7 Å². The summed E-state index contributed by atoms with van der Waals surface area (Å²) in [4.78, 5) is 9.74. The molecule has 0 radical (unpaired) electrons. The summed E-state index contributed by atoms with van der Waals surface area (Å²) < 4.78 is 0. The predicted molar refractivity (Wildman–Crippen MR) is 73.6 cm³/mol. The molecule has 2 heterocycles. The van der Waals surface area contributed by atoms with E-state index in [1.807, 2.05) is 0 Å². The molecule has 0 bridgehead atoms. The van der Waals surface area contributed by atoms with E-state index in [0.717, 1.165) is 6.54 Å². The molecule has 0 unspecified atom stereocenters. The van der Waals surface area contributed by atoms with Crippen molar-refractivity contribution in [2.45, 2.75) is 33.2 Å². The highest BCUT2D eigenvalue weighted by Crippen LogP contribution is 2.20. The maximum absolute atomic E-state index is 4.71. The van der Waals surface area contributed by atoms with E-state index >= 15 is 0 Å². The minimum absolute atomic E-state index is 0.561. The first-order chi connectivity index (χ1) is 8.19. The Morgan fingerprint density at radius 1 is 1.24 bits per heavy atom. The van der Waals surface area contributed by atoms with Crippen LogP contribution in [-0.4, -0.2) is 47.5 Å². The lowest BCUT2D eigenvalue weighted by Gasteiger charge is -2.33. The standard InChI is InChI=1S/C13H23N3S/c1-4-15-5-7-16(8-6-15)9-12-10-17-13(14-12)11(2)3/h10-11H,4-9H2,1-3H3. The highest BCUT2D eigenvalue weighted by molar-refractivity contribution is 7.09. The smallest absolute Gasteiger partial charge is 0.0954 e. The van der Waals surface area contributed by atoms with Crippen LogP contribution in [0.5, 0.6) is 0 Å². The fourth-order valence-corrected chi connectivity index (χ4v) is 2.98. The Bertz CT molecular complexity index is 340. The minimum Gasteiger partial charge on any atom is -0.301 e. The predicted octanol–water partition coefficient (Wildman–Crippen LogP) is 2.40. The molecule has 17 heavy (non-hydrogen) atoms. The van der Waals surface area contributed by atoms with Crippen LogP contribution in [0.25, 0.3) is 0 Å². The van der Waals surface area contributed by atoms with Crippen LogP contribution in [0.1, 0.15) is 37.4 Å². The van der Waals surface area contributed by atoms with Crippen LogP contribution in [0.15, 0.2) is 5.38 Å². The Morgan fingerprint density at radius 2 is 1.88 bits per heavy atom. The van der Waals surface area contributed by atoms with Gasteiger partial charge in [0.1, 0.15) is 0 Å². The first-order valence-electron chi connectivity index (χ1n) is 6.58. The molecule has 1 aromatic rings. The summed E-state index contributed by atoms with van der Waals surface area (Å²) in [6, 6.07) is 0. The van der Waals surface area contributed by atoms with Crippen LogP contribution in [0.2, 0.25) is 0 Å². The molecule has 1 aromatic heterocycles. The Balaban J connectivity index is 1.84. The molecular formula is C13H23N3S. The van der Waals surface area contributed by atoms with Crippen molar-refractivity contribution >= 4 is 11.3 Å². The van der Waals surface area contributed by atoms with E-state index in [9.17, 15) is 0 Å². The van der Waals surface area contributed by atoms with Crippen LogP contribution < -0.4 is 0 Å². The normalized spacial score (nSPS) is 19.1. The average molecular weight is 253 g/mol. The van der Waals surface area contributed by atoms with Gasteiger partial charge < -0.3 is 4.90 Å². The molecule has 2 rings (SSSR count). The molecule has 1 aliphatic heterocycles. The SMILES string of the molecule is CCN1CCN(Cc2csc(C(C)C)n2)CC1. The van der Waals surface area contributed by atoms with Gasteiger partial charge in [-0.3, -0.25) is 4.90 Å². The number of hydrogen-bond acceptors (Lipinski definition) is 4. The molecule has 3 nitrogen and oxygen atoms in total. The molecule has 0 aromatic carbocycles. The van der Waals surface area contributed by atoms with Crippen LogP contribution in [0.4, 0.5) is 0 Å². The summed E-state index contributed by atoms with van der Waals surface area (Å²) in [5, 5.41) is 3.49. The molecule has 96 valence electrons. The number of nitrogens with zero attached hydrogens (tertiary/aromatic N) is 3. The van der Waals surface area contributed by atoms with Gasteiger partial charge in [-0.25, -0.2) is 4.98 Å². The zero-order chi connectivity index (χ0) is 12.3. The third-order valence-corrected chi connectivity index (χ3v) is 4.56. The van der Waals surface area contributed by atoms with E-state index in [1.165, 1.54) is 43.4 Å². The summed E-state index contributed by atoms with van der Waals surface area (Å²) in [6.07, 6.45) is 0. The highest BCUT2D eigenvalue weighted by Gasteiger charge is 2.16. The van der Waals surface area contributed by atoms with Crippen molar-refractivity contribution in [2.24, 2.45) is 0 Å². The third kappa shape index (κ3) is 3.50. The molecular weight excluding hydrogens is 230 g/mol. The van der Waals surface area contributed by atoms with Gasteiger partial charge in [0, 0.05) is 44.0 Å². The molecule has 1 aliphatic rings. The summed E-state index contributed by atoms with van der Waals surface area (Å²) in [5.74, 6) is 0.561. The van der Waals surface area contributed by atoms with E-state index in [1.54, 1.807) is 11.3 Å². The van der Waals surface area contributed by atoms with Crippen molar-refractivity contribution in [1.82, 2.24) is 14.8 Å². The van der Waals surface area contributed by atoms with Crippen molar-refractivity contribution in [3.05, 3.63) is 16.1 Å². The van der Waals surface area contributed by atoms with E-state index in [4.69, 9.17) is 4.98 Å². The number of hydrogen-bond donors (Lipinski definition) is 0. The van der Waals surface area contributed by atoms with Gasteiger partial charge in [-0.2, -0.15) is 0 Å². The fourth-order valence-electron chi connectivity index (χ4n) is 2.15. The fraction of sp³-hybridized carbons (Fsp3) is 0.769. The molecule has 0 saturated carbocycles. The third-order valence-electron chi connectivity index (χ3n) is 3.36. The quantitative estimate of drug-likeness (QED) is 0.821. The van der Waals surface area contributed by atoms with Crippen LogP contribution in [0.3, 0.4) is 0 Å². The lowest BCUT2D eigenvalue weighted by molar-refractivity contribution is 0.131. The van der Waals surface area contributed by atoms with Gasteiger partial charge in [-0.05, 0) is 6.54 Å². The number of rotatable bonds is 4. The number of thiazole rings is 1. The van der Waals surface area contributed by atoms with Crippen molar-refractivity contribution in [3.8, 4) is 0 Å². The van der Waals surface area contributed by atoms with Gasteiger partial charge in [0.2, 0.25) is 0 Å². The second-order valence-electron chi connectivity index (χ2n) is 5.04. The zero-order valence-corrected chi connectivity index (χ0v) is 12.0. The topological polar surface area (TPSA) is 19.4 Å². The van der Waals surface area contributed by atoms with Crippen molar-refractivity contribution in [1.29, 1.82) is 0 Å². The first-order valence-corrected chi connectivity index (χ1v) is 7.46. The molecule has 0 spiro atoms. The Kier molecular flexibility index (Phi) is 4.54. The largest absolute Gasteiger partial charge is 0.301 e. The van der Waals surface area contributed by atoms with E-state index < -0.39 is 0 Å². The van der Waals surface area contributed by atoms with E-state index in [2.05, 4.69) is 36.0 Å². The Labute approximate surface area is 108 Å². The van der Waals surface area contributed by atoms with Crippen LogP contribution in [0, 0.1) is 0 Å². The summed E-state index contributed by atoms with van der Waals surface area (Å²) >= 11 is 1.80. The molecule has 4 heteroatoms. The van der Waals surface area contributed by atoms with E-state index in [0.29, 0.717) is 5.92 Å². The summed E-state index contributed by atoms with van der Waals surface area (Å²) in [6.45, 7) is 13.7. The lowest BCUT2D eigenvalue weighted by atomic mass is 10.2. The van der Waals surface area contributed by atoms with Gasteiger partial charge in [0.25, 0.3) is 0 Å². The van der Waals surface area contributed by atoms with Crippen LogP contribution in [-0.2, 0) is 6.54 Å². The van der Waals surface area contributed by atoms with Crippen molar-refractivity contribution < 1.29 is 0 Å².